The van der Waals surface area contributed by atoms with E-state index in [1.54, 1.807) is 12.0 Å². The first kappa shape index (κ1) is 23.6. The molecule has 2 N–H and O–H groups in total. The molecule has 0 saturated carbocycles. The fourth-order valence-electron chi connectivity index (χ4n) is 5.07. The number of benzene rings is 3. The van der Waals surface area contributed by atoms with Gasteiger partial charge in [-0.15, -0.1) is 0 Å². The summed E-state index contributed by atoms with van der Waals surface area (Å²) in [6.45, 7) is 0.804. The zero-order valence-electron chi connectivity index (χ0n) is 20.1. The van der Waals surface area contributed by atoms with Gasteiger partial charge in [0.25, 0.3) is 0 Å². The lowest BCUT2D eigenvalue weighted by atomic mass is 9.92. The number of H-pyrrole nitrogens is 1. The van der Waals surface area contributed by atoms with Crippen LogP contribution < -0.4 is 0 Å². The van der Waals surface area contributed by atoms with Gasteiger partial charge in [-0.25, -0.2) is 4.79 Å². The first-order valence-electron chi connectivity index (χ1n) is 12.0. The van der Waals surface area contributed by atoms with Crippen LogP contribution in [0.3, 0.4) is 0 Å². The highest BCUT2D eigenvalue weighted by Gasteiger charge is 2.39. The van der Waals surface area contributed by atoms with E-state index >= 15 is 0 Å². The van der Waals surface area contributed by atoms with E-state index < -0.39 is 12.1 Å². The van der Waals surface area contributed by atoms with Crippen LogP contribution in [0.4, 0.5) is 4.79 Å². The molecule has 4 aromatic rings. The molecule has 2 heterocycles. The lowest BCUT2D eigenvalue weighted by Gasteiger charge is -2.40. The van der Waals surface area contributed by atoms with Crippen LogP contribution >= 0.6 is 0 Å². The van der Waals surface area contributed by atoms with Crippen molar-refractivity contribution in [2.75, 3.05) is 13.7 Å². The highest BCUT2D eigenvalue weighted by molar-refractivity contribution is 5.87. The van der Waals surface area contributed by atoms with Gasteiger partial charge >= 0.3 is 6.09 Å². The summed E-state index contributed by atoms with van der Waals surface area (Å²) < 4.78 is 5.57. The number of amides is 2. The molecule has 0 saturated heterocycles. The molecule has 1 aliphatic heterocycles. The molecule has 3 aromatic carbocycles. The average Bonchev–Trinajstić information content (AvgIpc) is 3.38. The van der Waals surface area contributed by atoms with Gasteiger partial charge in [-0.1, -0.05) is 60.7 Å². The third-order valence-electron chi connectivity index (χ3n) is 6.92. The van der Waals surface area contributed by atoms with Gasteiger partial charge < -0.3 is 19.7 Å². The third kappa shape index (κ3) is 4.70. The monoisotopic (exact) mass is 483 g/mol. The van der Waals surface area contributed by atoms with Gasteiger partial charge in [-0.2, -0.15) is 0 Å². The zero-order valence-corrected chi connectivity index (χ0v) is 20.1. The molecule has 0 aliphatic carbocycles. The number of carboxylic acid groups (broad SMARTS) is 1. The molecule has 5 rings (SSSR count). The number of ether oxygens (including phenoxy) is 1. The Hall–Kier alpha value is -4.10. The maximum Gasteiger partial charge on any atom is 0.408 e. The molecule has 184 valence electrons. The molecule has 1 aromatic heterocycles. The molecule has 0 radical (unpaired) electrons. The topological polar surface area (TPSA) is 85.9 Å². The minimum atomic E-state index is -1.10. The number of methoxy groups -OCH3 is 1. The third-order valence-corrected chi connectivity index (χ3v) is 6.92. The largest absolute Gasteiger partial charge is 0.465 e. The van der Waals surface area contributed by atoms with Crippen LogP contribution in [0.1, 0.15) is 28.3 Å². The van der Waals surface area contributed by atoms with Crippen molar-refractivity contribution in [2.45, 2.75) is 31.6 Å². The number of carbonyl (C=O) groups excluding carboxylic acids is 1. The lowest BCUT2D eigenvalue weighted by molar-refractivity contribution is -0.141. The van der Waals surface area contributed by atoms with Crippen LogP contribution in [-0.2, 0) is 29.0 Å². The Balaban J connectivity index is 1.55. The van der Waals surface area contributed by atoms with Crippen molar-refractivity contribution >= 4 is 22.9 Å². The second-order valence-corrected chi connectivity index (χ2v) is 9.15. The van der Waals surface area contributed by atoms with Crippen LogP contribution in [-0.4, -0.2) is 51.6 Å². The Kier molecular flexibility index (Phi) is 6.73. The fourth-order valence-corrected chi connectivity index (χ4v) is 5.07. The number of aromatic nitrogens is 1. The van der Waals surface area contributed by atoms with Crippen molar-refractivity contribution in [1.29, 1.82) is 0 Å². The van der Waals surface area contributed by atoms with Crippen LogP contribution in [0.25, 0.3) is 10.9 Å². The van der Waals surface area contributed by atoms with Crippen molar-refractivity contribution in [3.05, 3.63) is 107 Å². The van der Waals surface area contributed by atoms with Gasteiger partial charge in [0.1, 0.15) is 6.04 Å². The summed E-state index contributed by atoms with van der Waals surface area (Å²) in [6, 6.07) is 24.3. The standard InChI is InChI=1S/C29H29N3O4/c1-36-19-27(21-7-3-2-4-8-21)31(17-20-11-12-25-23(15-20)13-14-30-25)28(33)26-16-22-9-5-6-10-24(22)18-32(26)29(34)35/h2-15,26-27,30H,16-19H2,1H3,(H,34,35)/t26?,27-/m1/s1. The van der Waals surface area contributed by atoms with Gasteiger partial charge in [-0.05, 0) is 45.8 Å². The van der Waals surface area contributed by atoms with E-state index in [9.17, 15) is 14.7 Å². The van der Waals surface area contributed by atoms with E-state index in [0.717, 1.165) is 33.2 Å². The Morgan fingerprint density at radius 3 is 2.56 bits per heavy atom. The zero-order chi connectivity index (χ0) is 25.1. The van der Waals surface area contributed by atoms with Gasteiger partial charge in [0.15, 0.2) is 0 Å². The van der Waals surface area contributed by atoms with Crippen LogP contribution in [0, 0.1) is 0 Å². The molecule has 2 atom stereocenters. The summed E-state index contributed by atoms with van der Waals surface area (Å²) in [6.07, 6.45) is 1.13. The normalized spacial score (nSPS) is 15.9. The summed E-state index contributed by atoms with van der Waals surface area (Å²) in [5, 5.41) is 11.1. The lowest BCUT2D eigenvalue weighted by Crippen LogP contribution is -2.54. The second-order valence-electron chi connectivity index (χ2n) is 9.15. The van der Waals surface area contributed by atoms with Gasteiger partial charge in [-0.3, -0.25) is 9.69 Å². The van der Waals surface area contributed by atoms with Gasteiger partial charge in [0.2, 0.25) is 5.91 Å². The SMILES string of the molecule is COC[C@H](c1ccccc1)N(Cc1ccc2[nH]ccc2c1)C(=O)C1Cc2ccccc2CN1C(=O)O. The van der Waals surface area contributed by atoms with Crippen LogP contribution in [0.2, 0.25) is 0 Å². The molecular formula is C29H29N3O4. The molecule has 7 nitrogen and oxygen atoms in total. The minimum absolute atomic E-state index is 0.186. The predicted molar refractivity (Wildman–Crippen MR) is 137 cm³/mol. The van der Waals surface area contributed by atoms with Crippen LogP contribution in [0.5, 0.6) is 0 Å². The highest BCUT2D eigenvalue weighted by Crippen LogP contribution is 2.30. The predicted octanol–water partition coefficient (Wildman–Crippen LogP) is 4.99. The molecular weight excluding hydrogens is 454 g/mol. The van der Waals surface area contributed by atoms with Crippen molar-refractivity contribution < 1.29 is 19.4 Å². The van der Waals surface area contributed by atoms with Gasteiger partial charge in [0.05, 0.1) is 19.2 Å². The van der Waals surface area contributed by atoms with Crippen molar-refractivity contribution in [3.8, 4) is 0 Å². The molecule has 0 spiro atoms. The van der Waals surface area contributed by atoms with E-state index in [-0.39, 0.29) is 18.5 Å². The van der Waals surface area contributed by atoms with Crippen molar-refractivity contribution in [1.82, 2.24) is 14.8 Å². The highest BCUT2D eigenvalue weighted by atomic mass is 16.5. The second kappa shape index (κ2) is 10.3. The van der Waals surface area contributed by atoms with Gasteiger partial charge in [0, 0.05) is 31.8 Å². The summed E-state index contributed by atoms with van der Waals surface area (Å²) in [4.78, 5) is 32.8. The Labute approximate surface area is 209 Å². The molecule has 7 heteroatoms. The molecule has 36 heavy (non-hydrogen) atoms. The molecule has 0 fully saturated rings. The molecule has 0 bridgehead atoms. The summed E-state index contributed by atoms with van der Waals surface area (Å²) in [5.74, 6) is -0.230. The first-order valence-corrected chi connectivity index (χ1v) is 12.0. The van der Waals surface area contributed by atoms with E-state index in [1.807, 2.05) is 79.0 Å². The molecule has 1 aliphatic rings. The van der Waals surface area contributed by atoms with Crippen molar-refractivity contribution in [2.24, 2.45) is 0 Å². The maximum absolute atomic E-state index is 14.3. The van der Waals surface area contributed by atoms with E-state index in [0.29, 0.717) is 19.6 Å². The summed E-state index contributed by atoms with van der Waals surface area (Å²) >= 11 is 0. The number of aromatic amines is 1. The Bertz CT molecular complexity index is 1370. The van der Waals surface area contributed by atoms with E-state index in [4.69, 9.17) is 4.74 Å². The number of carbonyl (C=O) groups is 2. The fraction of sp³-hybridized carbons (Fsp3) is 0.241. The van der Waals surface area contributed by atoms with E-state index in [2.05, 4.69) is 11.1 Å². The number of hydrogen-bond donors (Lipinski definition) is 2. The van der Waals surface area contributed by atoms with E-state index in [1.165, 1.54) is 4.90 Å². The summed E-state index contributed by atoms with van der Waals surface area (Å²) in [5.41, 5.74) is 4.86. The average molecular weight is 484 g/mol. The Morgan fingerprint density at radius 1 is 1.06 bits per heavy atom. The number of fused-ring (bicyclic) bond motifs is 2. The molecule has 2 amide bonds. The number of rotatable bonds is 7. The quantitative estimate of drug-likeness (QED) is 0.388. The summed E-state index contributed by atoms with van der Waals surface area (Å²) in [7, 11) is 1.62. The number of nitrogens with one attached hydrogen (secondary N) is 1. The van der Waals surface area contributed by atoms with Crippen molar-refractivity contribution in [3.63, 3.8) is 0 Å². The maximum atomic E-state index is 14.3. The number of nitrogens with zero attached hydrogens (tertiary/aromatic N) is 2. The first-order chi connectivity index (χ1) is 17.5. The smallest absolute Gasteiger partial charge is 0.408 e. The molecule has 1 unspecified atom stereocenters. The number of hydrogen-bond acceptors (Lipinski definition) is 3. The Morgan fingerprint density at radius 2 is 1.81 bits per heavy atom. The van der Waals surface area contributed by atoms with Crippen LogP contribution in [0.15, 0.2) is 85.1 Å². The minimum Gasteiger partial charge on any atom is -0.465 e.